The van der Waals surface area contributed by atoms with Gasteiger partial charge in [-0.15, -0.1) is 11.3 Å². The van der Waals surface area contributed by atoms with Crippen molar-refractivity contribution in [3.63, 3.8) is 0 Å². The van der Waals surface area contributed by atoms with Crippen LogP contribution in [0.5, 0.6) is 0 Å². The van der Waals surface area contributed by atoms with E-state index in [9.17, 15) is 0 Å². The van der Waals surface area contributed by atoms with E-state index in [4.69, 9.17) is 12.2 Å². The molecule has 0 aliphatic rings. The number of aryl methyl sites for hydroxylation is 3. The quantitative estimate of drug-likeness (QED) is 0.620. The fraction of sp³-hybridized carbons (Fsp3) is 0.200. The van der Waals surface area contributed by atoms with Crippen LogP contribution in [0.25, 0.3) is 11.3 Å². The van der Waals surface area contributed by atoms with Crippen LogP contribution < -0.4 is 10.6 Å². The van der Waals surface area contributed by atoms with E-state index >= 15 is 0 Å². The van der Waals surface area contributed by atoms with Crippen LogP contribution in [0.2, 0.25) is 0 Å². The number of benzene rings is 2. The Hall–Kier alpha value is -2.24. The van der Waals surface area contributed by atoms with Crippen LogP contribution in [0, 0.1) is 20.8 Å². The van der Waals surface area contributed by atoms with Gasteiger partial charge in [0.05, 0.1) is 10.7 Å². The van der Waals surface area contributed by atoms with Crippen LogP contribution in [-0.4, -0.2) is 10.1 Å². The summed E-state index contributed by atoms with van der Waals surface area (Å²) in [5, 5.41) is 10.3. The van der Waals surface area contributed by atoms with Gasteiger partial charge in [0.15, 0.2) is 5.11 Å². The maximum atomic E-state index is 5.40. The lowest BCUT2D eigenvalue weighted by molar-refractivity contribution is 0.926. The van der Waals surface area contributed by atoms with Gasteiger partial charge in [0.25, 0.3) is 0 Å². The van der Waals surface area contributed by atoms with Crippen molar-refractivity contribution in [2.75, 3.05) is 5.32 Å². The van der Waals surface area contributed by atoms with E-state index in [1.54, 1.807) is 11.3 Å². The molecular formula is C20H21N3S2. The molecule has 3 nitrogen and oxygen atoms in total. The predicted molar refractivity (Wildman–Crippen MR) is 111 cm³/mol. The van der Waals surface area contributed by atoms with Crippen molar-refractivity contribution >= 4 is 34.4 Å². The second-order valence-corrected chi connectivity index (χ2v) is 7.60. The summed E-state index contributed by atoms with van der Waals surface area (Å²) in [5.41, 5.74) is 6.82. The number of nitrogens with one attached hydrogen (secondary N) is 2. The highest BCUT2D eigenvalue weighted by molar-refractivity contribution is 7.80. The van der Waals surface area contributed by atoms with Gasteiger partial charge in [0.2, 0.25) is 0 Å². The van der Waals surface area contributed by atoms with Crippen LogP contribution in [0.3, 0.4) is 0 Å². The van der Waals surface area contributed by atoms with E-state index in [0.717, 1.165) is 22.0 Å². The number of hydrogen-bond donors (Lipinski definition) is 2. The molecule has 0 saturated carbocycles. The van der Waals surface area contributed by atoms with Crippen LogP contribution >= 0.6 is 23.6 Å². The summed E-state index contributed by atoms with van der Waals surface area (Å²) in [4.78, 5) is 4.52. The van der Waals surface area contributed by atoms with E-state index in [1.165, 1.54) is 16.7 Å². The van der Waals surface area contributed by atoms with Gasteiger partial charge in [0, 0.05) is 23.2 Å². The second-order valence-electron chi connectivity index (χ2n) is 6.13. The molecule has 0 radical (unpaired) electrons. The first-order chi connectivity index (χ1) is 12.0. The van der Waals surface area contributed by atoms with Gasteiger partial charge in [-0.25, -0.2) is 4.98 Å². The minimum Gasteiger partial charge on any atom is -0.358 e. The van der Waals surface area contributed by atoms with E-state index < -0.39 is 0 Å². The van der Waals surface area contributed by atoms with E-state index in [2.05, 4.69) is 77.3 Å². The zero-order valence-electron chi connectivity index (χ0n) is 14.6. The SMILES string of the molecule is Cc1cc(C)cc(NC(=S)NCc2ccc(-c3csc(C)n3)cc2)c1. The third-order valence-electron chi connectivity index (χ3n) is 3.80. The summed E-state index contributed by atoms with van der Waals surface area (Å²) in [5.74, 6) is 0. The van der Waals surface area contributed by atoms with Crippen molar-refractivity contribution < 1.29 is 0 Å². The molecule has 0 amide bonds. The molecule has 0 atom stereocenters. The fourth-order valence-electron chi connectivity index (χ4n) is 2.69. The van der Waals surface area contributed by atoms with Crippen LogP contribution in [0.15, 0.2) is 47.8 Å². The topological polar surface area (TPSA) is 37.0 Å². The Bertz CT molecular complexity index is 862. The molecule has 0 aliphatic heterocycles. The standard InChI is InChI=1S/C20H21N3S2/c1-13-8-14(2)10-18(9-13)23-20(24)21-11-16-4-6-17(7-5-16)19-12-25-15(3)22-19/h4-10,12H,11H2,1-3H3,(H2,21,23,24). The average molecular weight is 368 g/mol. The Labute approximate surface area is 158 Å². The van der Waals surface area contributed by atoms with Crippen LogP contribution in [0.4, 0.5) is 5.69 Å². The summed E-state index contributed by atoms with van der Waals surface area (Å²) in [7, 11) is 0. The molecule has 1 heterocycles. The molecule has 0 aliphatic carbocycles. The second kappa shape index (κ2) is 7.76. The normalized spacial score (nSPS) is 10.5. The van der Waals surface area contributed by atoms with Crippen LogP contribution in [0.1, 0.15) is 21.7 Å². The zero-order chi connectivity index (χ0) is 17.8. The molecule has 2 N–H and O–H groups in total. The van der Waals surface area contributed by atoms with Crippen LogP contribution in [-0.2, 0) is 6.54 Å². The summed E-state index contributed by atoms with van der Waals surface area (Å²) < 4.78 is 0. The molecule has 5 heteroatoms. The molecule has 0 bridgehead atoms. The Morgan fingerprint density at radius 2 is 1.72 bits per heavy atom. The number of thiocarbonyl (C=S) groups is 1. The first kappa shape index (κ1) is 17.6. The maximum Gasteiger partial charge on any atom is 0.171 e. The van der Waals surface area contributed by atoms with Gasteiger partial charge in [-0.3, -0.25) is 0 Å². The molecular weight excluding hydrogens is 346 g/mol. The summed E-state index contributed by atoms with van der Waals surface area (Å²) in [6.45, 7) is 6.88. The highest BCUT2D eigenvalue weighted by Gasteiger charge is 2.03. The smallest absolute Gasteiger partial charge is 0.171 e. The lowest BCUT2D eigenvalue weighted by Crippen LogP contribution is -2.27. The van der Waals surface area contributed by atoms with E-state index in [0.29, 0.717) is 11.7 Å². The highest BCUT2D eigenvalue weighted by Crippen LogP contribution is 2.21. The largest absolute Gasteiger partial charge is 0.358 e. The van der Waals surface area contributed by atoms with Crippen molar-refractivity contribution in [1.29, 1.82) is 0 Å². The first-order valence-electron chi connectivity index (χ1n) is 8.14. The highest BCUT2D eigenvalue weighted by atomic mass is 32.1. The van der Waals surface area contributed by atoms with Crippen molar-refractivity contribution in [3.8, 4) is 11.3 Å². The molecule has 0 spiro atoms. The van der Waals surface area contributed by atoms with Crippen molar-refractivity contribution in [3.05, 3.63) is 69.5 Å². The Morgan fingerprint density at radius 3 is 2.32 bits per heavy atom. The molecule has 2 aromatic carbocycles. The van der Waals surface area contributed by atoms with Gasteiger partial charge < -0.3 is 10.6 Å². The monoisotopic (exact) mass is 367 g/mol. The summed E-state index contributed by atoms with van der Waals surface area (Å²) in [6.07, 6.45) is 0. The third kappa shape index (κ3) is 4.87. The molecule has 3 rings (SSSR count). The number of anilines is 1. The average Bonchev–Trinajstić information content (AvgIpc) is 2.99. The predicted octanol–water partition coefficient (Wildman–Crippen LogP) is 5.22. The van der Waals surface area contributed by atoms with Crippen molar-refractivity contribution in [2.24, 2.45) is 0 Å². The van der Waals surface area contributed by atoms with Crippen molar-refractivity contribution in [2.45, 2.75) is 27.3 Å². The van der Waals surface area contributed by atoms with Crippen molar-refractivity contribution in [1.82, 2.24) is 10.3 Å². The molecule has 0 unspecified atom stereocenters. The number of hydrogen-bond acceptors (Lipinski definition) is 3. The summed E-state index contributed by atoms with van der Waals surface area (Å²) in [6, 6.07) is 14.7. The lowest BCUT2D eigenvalue weighted by atomic mass is 10.1. The summed E-state index contributed by atoms with van der Waals surface area (Å²) >= 11 is 7.07. The fourth-order valence-corrected chi connectivity index (χ4v) is 3.51. The van der Waals surface area contributed by atoms with Gasteiger partial charge in [0.1, 0.15) is 0 Å². The Morgan fingerprint density at radius 1 is 1.04 bits per heavy atom. The molecule has 1 aromatic heterocycles. The minimum atomic E-state index is 0.629. The van der Waals surface area contributed by atoms with E-state index in [1.807, 2.05) is 6.92 Å². The number of thiazole rings is 1. The zero-order valence-corrected chi connectivity index (χ0v) is 16.2. The Balaban J connectivity index is 1.56. The van der Waals surface area contributed by atoms with Gasteiger partial charge in [-0.1, -0.05) is 30.3 Å². The number of aromatic nitrogens is 1. The Kier molecular flexibility index (Phi) is 5.46. The molecule has 0 fully saturated rings. The molecule has 0 saturated heterocycles. The maximum absolute atomic E-state index is 5.40. The molecule has 25 heavy (non-hydrogen) atoms. The number of nitrogens with zero attached hydrogens (tertiary/aromatic N) is 1. The van der Waals surface area contributed by atoms with Gasteiger partial charge in [-0.05, 0) is 61.8 Å². The van der Waals surface area contributed by atoms with Gasteiger partial charge in [-0.2, -0.15) is 0 Å². The van der Waals surface area contributed by atoms with E-state index in [-0.39, 0.29) is 0 Å². The third-order valence-corrected chi connectivity index (χ3v) is 4.82. The first-order valence-corrected chi connectivity index (χ1v) is 9.43. The molecule has 128 valence electrons. The van der Waals surface area contributed by atoms with Gasteiger partial charge >= 0.3 is 0 Å². The molecule has 3 aromatic rings. The number of rotatable bonds is 4. The minimum absolute atomic E-state index is 0.629. The lowest BCUT2D eigenvalue weighted by Gasteiger charge is -2.12.